The molecule has 2 N–H and O–H groups in total. The molecule has 6 nitrogen and oxygen atoms in total. The van der Waals surface area contributed by atoms with Gasteiger partial charge in [0.2, 0.25) is 0 Å². The summed E-state index contributed by atoms with van der Waals surface area (Å²) in [5, 5.41) is 19.4. The number of fused-ring (bicyclic) bond motifs is 1. The van der Waals surface area contributed by atoms with Gasteiger partial charge in [-0.05, 0) is 18.6 Å². The van der Waals surface area contributed by atoms with Gasteiger partial charge in [-0.15, -0.1) is 0 Å². The number of ether oxygens (including phenoxy) is 1. The quantitative estimate of drug-likeness (QED) is 0.768. The fourth-order valence-electron chi connectivity index (χ4n) is 3.32. The molecule has 0 spiro atoms. The van der Waals surface area contributed by atoms with Crippen LogP contribution >= 0.6 is 0 Å². The second-order valence-corrected chi connectivity index (χ2v) is 5.46. The number of carbonyl (C=O) groups is 2. The third-order valence-electron chi connectivity index (χ3n) is 4.41. The van der Waals surface area contributed by atoms with Gasteiger partial charge in [0.25, 0.3) is 11.8 Å². The minimum absolute atomic E-state index is 0.208. The fraction of sp³-hybridized carbons (Fsp3) is 0.467. The van der Waals surface area contributed by atoms with Gasteiger partial charge in [-0.3, -0.25) is 14.5 Å². The van der Waals surface area contributed by atoms with Gasteiger partial charge < -0.3 is 14.9 Å². The Morgan fingerprint density at radius 2 is 1.81 bits per heavy atom. The highest BCUT2D eigenvalue weighted by Crippen LogP contribution is 2.36. The van der Waals surface area contributed by atoms with E-state index in [4.69, 9.17) is 4.74 Å². The number of rotatable bonds is 3. The number of hydrogen-bond donors (Lipinski definition) is 2. The van der Waals surface area contributed by atoms with Crippen molar-refractivity contribution in [2.75, 3.05) is 13.7 Å². The van der Waals surface area contributed by atoms with Crippen LogP contribution in [0.5, 0.6) is 0 Å². The maximum absolute atomic E-state index is 12.5. The van der Waals surface area contributed by atoms with Crippen molar-refractivity contribution < 1.29 is 24.5 Å². The number of carbonyl (C=O) groups excluding carboxylic acids is 2. The molecule has 0 saturated heterocycles. The summed E-state index contributed by atoms with van der Waals surface area (Å²) < 4.78 is 5.27. The van der Waals surface area contributed by atoms with Crippen LogP contribution < -0.4 is 0 Å². The number of imide groups is 1. The van der Waals surface area contributed by atoms with E-state index in [0.29, 0.717) is 17.5 Å². The van der Waals surface area contributed by atoms with Gasteiger partial charge >= 0.3 is 0 Å². The molecule has 1 saturated carbocycles. The number of methoxy groups -OCH3 is 1. The van der Waals surface area contributed by atoms with Crippen molar-refractivity contribution in [3.63, 3.8) is 0 Å². The zero-order valence-electron chi connectivity index (χ0n) is 11.6. The SMILES string of the molecule is CO[C@@H]1[C@H](O)[C@@H](CO)C[C@H]1N1C(=O)c2ccccc2C1=O. The third-order valence-corrected chi connectivity index (χ3v) is 4.41. The van der Waals surface area contributed by atoms with Crippen LogP contribution in [0, 0.1) is 5.92 Å². The molecule has 6 heteroatoms. The summed E-state index contributed by atoms with van der Waals surface area (Å²) in [4.78, 5) is 26.1. The van der Waals surface area contributed by atoms with Gasteiger partial charge in [0.05, 0.1) is 23.3 Å². The Morgan fingerprint density at radius 3 is 2.29 bits per heavy atom. The molecule has 0 unspecified atom stereocenters. The van der Waals surface area contributed by atoms with Crippen LogP contribution in [-0.4, -0.2) is 58.9 Å². The van der Waals surface area contributed by atoms with Crippen molar-refractivity contribution in [1.29, 1.82) is 0 Å². The molecule has 1 heterocycles. The van der Waals surface area contributed by atoms with E-state index in [9.17, 15) is 19.8 Å². The summed E-state index contributed by atoms with van der Waals surface area (Å²) in [6.07, 6.45) is -1.24. The second kappa shape index (κ2) is 5.22. The van der Waals surface area contributed by atoms with E-state index in [1.807, 2.05) is 0 Å². The maximum atomic E-state index is 12.5. The second-order valence-electron chi connectivity index (χ2n) is 5.46. The lowest BCUT2D eigenvalue weighted by Crippen LogP contribution is -2.47. The van der Waals surface area contributed by atoms with Crippen LogP contribution in [0.25, 0.3) is 0 Å². The molecule has 2 aliphatic rings. The third kappa shape index (κ3) is 1.98. The fourth-order valence-corrected chi connectivity index (χ4v) is 3.32. The molecule has 1 aliphatic heterocycles. The summed E-state index contributed by atoms with van der Waals surface area (Å²) >= 11 is 0. The molecule has 2 amide bonds. The minimum atomic E-state index is -0.894. The van der Waals surface area contributed by atoms with Gasteiger partial charge in [0.15, 0.2) is 0 Å². The molecule has 4 atom stereocenters. The van der Waals surface area contributed by atoms with Gasteiger partial charge in [0, 0.05) is 19.6 Å². The van der Waals surface area contributed by atoms with E-state index in [1.54, 1.807) is 24.3 Å². The van der Waals surface area contributed by atoms with Crippen molar-refractivity contribution in [2.24, 2.45) is 5.92 Å². The largest absolute Gasteiger partial charge is 0.396 e. The molecular formula is C15H17NO5. The van der Waals surface area contributed by atoms with Crippen LogP contribution in [0.4, 0.5) is 0 Å². The molecule has 1 fully saturated rings. The summed E-state index contributed by atoms with van der Waals surface area (Å²) in [7, 11) is 1.43. The standard InChI is InChI=1S/C15H17NO5/c1-21-13-11(6-8(7-17)12(13)18)16-14(19)9-4-2-3-5-10(9)15(16)20/h2-5,8,11-13,17-18H,6-7H2,1H3/t8-,11-,12-,13+/m1/s1. The van der Waals surface area contributed by atoms with Crippen molar-refractivity contribution in [1.82, 2.24) is 4.90 Å². The number of aliphatic hydroxyl groups is 2. The van der Waals surface area contributed by atoms with E-state index in [1.165, 1.54) is 7.11 Å². The van der Waals surface area contributed by atoms with E-state index in [-0.39, 0.29) is 18.4 Å². The van der Waals surface area contributed by atoms with Crippen molar-refractivity contribution in [3.8, 4) is 0 Å². The molecule has 21 heavy (non-hydrogen) atoms. The summed E-state index contributed by atoms with van der Waals surface area (Å²) in [5.74, 6) is -1.13. The molecule has 0 bridgehead atoms. The van der Waals surface area contributed by atoms with Crippen LogP contribution in [0.15, 0.2) is 24.3 Å². The summed E-state index contributed by atoms with van der Waals surface area (Å²) in [5.41, 5.74) is 0.749. The Hall–Kier alpha value is -1.76. The van der Waals surface area contributed by atoms with Crippen LogP contribution in [0.3, 0.4) is 0 Å². The van der Waals surface area contributed by atoms with Gasteiger partial charge in [-0.2, -0.15) is 0 Å². The molecule has 112 valence electrons. The Balaban J connectivity index is 1.95. The van der Waals surface area contributed by atoms with Crippen LogP contribution in [0.1, 0.15) is 27.1 Å². The van der Waals surface area contributed by atoms with Crippen LogP contribution in [0.2, 0.25) is 0 Å². The highest BCUT2D eigenvalue weighted by Gasteiger charge is 2.51. The average molecular weight is 291 g/mol. The van der Waals surface area contributed by atoms with Gasteiger partial charge in [0.1, 0.15) is 6.10 Å². The van der Waals surface area contributed by atoms with E-state index in [2.05, 4.69) is 0 Å². The predicted molar refractivity (Wildman–Crippen MR) is 72.7 cm³/mol. The Labute approximate surface area is 121 Å². The number of aliphatic hydroxyl groups excluding tert-OH is 2. The number of amides is 2. The lowest BCUT2D eigenvalue weighted by Gasteiger charge is -2.27. The lowest BCUT2D eigenvalue weighted by molar-refractivity contribution is -0.0358. The van der Waals surface area contributed by atoms with Gasteiger partial charge in [-0.25, -0.2) is 0 Å². The lowest BCUT2D eigenvalue weighted by atomic mass is 10.1. The Kier molecular flexibility index (Phi) is 3.52. The maximum Gasteiger partial charge on any atom is 0.261 e. The minimum Gasteiger partial charge on any atom is -0.396 e. The first kappa shape index (κ1) is 14.2. The zero-order chi connectivity index (χ0) is 15.1. The van der Waals surface area contributed by atoms with Crippen molar-refractivity contribution in [3.05, 3.63) is 35.4 Å². The molecule has 1 aliphatic carbocycles. The van der Waals surface area contributed by atoms with Crippen LogP contribution in [-0.2, 0) is 4.74 Å². The monoisotopic (exact) mass is 291 g/mol. The molecule has 1 aromatic rings. The van der Waals surface area contributed by atoms with E-state index in [0.717, 1.165) is 4.90 Å². The van der Waals surface area contributed by atoms with Crippen molar-refractivity contribution >= 4 is 11.8 Å². The predicted octanol–water partition coefficient (Wildman–Crippen LogP) is 0.0393. The van der Waals surface area contributed by atoms with Gasteiger partial charge in [-0.1, -0.05) is 12.1 Å². The highest BCUT2D eigenvalue weighted by atomic mass is 16.5. The first-order valence-electron chi connectivity index (χ1n) is 6.88. The van der Waals surface area contributed by atoms with Crippen molar-refractivity contribution in [2.45, 2.75) is 24.7 Å². The van der Waals surface area contributed by atoms with E-state index < -0.39 is 24.2 Å². The Morgan fingerprint density at radius 1 is 1.24 bits per heavy atom. The number of benzene rings is 1. The highest BCUT2D eigenvalue weighted by molar-refractivity contribution is 6.21. The smallest absolute Gasteiger partial charge is 0.261 e. The molecule has 0 radical (unpaired) electrons. The number of nitrogens with zero attached hydrogens (tertiary/aromatic N) is 1. The summed E-state index contributed by atoms with van der Waals surface area (Å²) in [6, 6.07) is 6.09. The van der Waals surface area contributed by atoms with E-state index >= 15 is 0 Å². The first-order valence-corrected chi connectivity index (χ1v) is 6.88. The normalized spacial score (nSPS) is 31.9. The molecular weight excluding hydrogens is 274 g/mol. The summed E-state index contributed by atoms with van der Waals surface area (Å²) in [6.45, 7) is -0.208. The average Bonchev–Trinajstić information content (AvgIpc) is 2.94. The molecule has 0 aromatic heterocycles. The number of hydrogen-bond acceptors (Lipinski definition) is 5. The topological polar surface area (TPSA) is 87.1 Å². The molecule has 3 rings (SSSR count). The zero-order valence-corrected chi connectivity index (χ0v) is 11.6. The first-order chi connectivity index (χ1) is 10.1. The molecule has 1 aromatic carbocycles. The Bertz CT molecular complexity index is 552.